The lowest BCUT2D eigenvalue weighted by molar-refractivity contribution is -0.145. The normalized spacial score (nSPS) is 10.9. The molecule has 0 aliphatic heterocycles. The van der Waals surface area contributed by atoms with Crippen LogP contribution in [-0.4, -0.2) is 21.1 Å². The summed E-state index contributed by atoms with van der Waals surface area (Å²) in [5, 5.41) is 1.15. The van der Waals surface area contributed by atoms with Crippen LogP contribution in [0, 0.1) is 0 Å². The van der Waals surface area contributed by atoms with Gasteiger partial charge < -0.3 is 4.74 Å². The smallest absolute Gasteiger partial charge is 0.306 e. The molecule has 3 rings (SSSR count). The SMILES string of the molecule is O=C(CCCSc1ccc(Cl)cc1)OCc1cc(=O)n2cc(Cl)ccc2n1. The van der Waals surface area contributed by atoms with Crippen molar-refractivity contribution in [2.75, 3.05) is 5.75 Å². The van der Waals surface area contributed by atoms with Crippen molar-refractivity contribution < 1.29 is 9.53 Å². The number of pyridine rings is 1. The Labute approximate surface area is 170 Å². The molecule has 0 saturated heterocycles. The summed E-state index contributed by atoms with van der Waals surface area (Å²) in [5.74, 6) is 0.484. The number of benzene rings is 1. The molecule has 0 spiro atoms. The van der Waals surface area contributed by atoms with Crippen LogP contribution in [0.5, 0.6) is 0 Å². The van der Waals surface area contributed by atoms with Crippen molar-refractivity contribution in [3.05, 3.63) is 74.8 Å². The number of thioether (sulfide) groups is 1. The average Bonchev–Trinajstić information content (AvgIpc) is 2.65. The zero-order valence-corrected chi connectivity index (χ0v) is 16.6. The van der Waals surface area contributed by atoms with E-state index in [1.807, 2.05) is 24.3 Å². The van der Waals surface area contributed by atoms with E-state index in [1.165, 1.54) is 16.7 Å². The number of halogens is 2. The average molecular weight is 423 g/mol. The monoisotopic (exact) mass is 422 g/mol. The Morgan fingerprint density at radius 3 is 2.63 bits per heavy atom. The molecule has 0 amide bonds. The number of fused-ring (bicyclic) bond motifs is 1. The third-order valence-electron chi connectivity index (χ3n) is 3.67. The molecule has 5 nitrogen and oxygen atoms in total. The van der Waals surface area contributed by atoms with Crippen LogP contribution in [0.3, 0.4) is 0 Å². The summed E-state index contributed by atoms with van der Waals surface area (Å²) in [6, 6.07) is 12.2. The van der Waals surface area contributed by atoms with E-state index in [9.17, 15) is 9.59 Å². The van der Waals surface area contributed by atoms with E-state index >= 15 is 0 Å². The van der Waals surface area contributed by atoms with E-state index in [2.05, 4.69) is 4.98 Å². The lowest BCUT2D eigenvalue weighted by Gasteiger charge is -2.06. The minimum atomic E-state index is -0.315. The van der Waals surface area contributed by atoms with Crippen molar-refractivity contribution in [3.8, 4) is 0 Å². The van der Waals surface area contributed by atoms with Gasteiger partial charge in [0.1, 0.15) is 12.3 Å². The molecule has 0 fully saturated rings. The second kappa shape index (κ2) is 9.26. The Morgan fingerprint density at radius 1 is 1.11 bits per heavy atom. The molecular weight excluding hydrogens is 407 g/mol. The fourth-order valence-electron chi connectivity index (χ4n) is 2.36. The highest BCUT2D eigenvalue weighted by atomic mass is 35.5. The van der Waals surface area contributed by atoms with Gasteiger partial charge in [0.2, 0.25) is 0 Å². The first kappa shape index (κ1) is 19.7. The van der Waals surface area contributed by atoms with Crippen molar-refractivity contribution in [1.82, 2.24) is 9.38 Å². The quantitative estimate of drug-likeness (QED) is 0.315. The molecule has 0 aliphatic carbocycles. The van der Waals surface area contributed by atoms with E-state index in [0.717, 1.165) is 10.6 Å². The first-order valence-electron chi connectivity index (χ1n) is 8.23. The molecule has 0 atom stereocenters. The fraction of sp³-hybridized carbons (Fsp3) is 0.211. The van der Waals surface area contributed by atoms with Gasteiger partial charge >= 0.3 is 5.97 Å². The predicted molar refractivity (Wildman–Crippen MR) is 108 cm³/mol. The maximum absolute atomic E-state index is 12.1. The molecule has 2 heterocycles. The van der Waals surface area contributed by atoms with Gasteiger partial charge in [-0.1, -0.05) is 23.2 Å². The molecule has 1 aromatic carbocycles. The molecule has 3 aromatic rings. The number of ether oxygens (including phenoxy) is 1. The zero-order valence-electron chi connectivity index (χ0n) is 14.2. The van der Waals surface area contributed by atoms with Gasteiger partial charge in [-0.3, -0.25) is 14.0 Å². The van der Waals surface area contributed by atoms with Crippen LogP contribution in [0.4, 0.5) is 0 Å². The van der Waals surface area contributed by atoms with E-state index in [0.29, 0.717) is 34.2 Å². The van der Waals surface area contributed by atoms with Gasteiger partial charge in [0.05, 0.1) is 10.7 Å². The number of esters is 1. The highest BCUT2D eigenvalue weighted by Crippen LogP contribution is 2.21. The fourth-order valence-corrected chi connectivity index (χ4v) is 3.50. The summed E-state index contributed by atoms with van der Waals surface area (Å²) >= 11 is 13.4. The third-order valence-corrected chi connectivity index (χ3v) is 5.24. The summed E-state index contributed by atoms with van der Waals surface area (Å²) in [6.45, 7) is -0.0302. The van der Waals surface area contributed by atoms with Gasteiger partial charge in [-0.05, 0) is 48.6 Å². The van der Waals surface area contributed by atoms with Crippen LogP contribution < -0.4 is 5.56 Å². The maximum Gasteiger partial charge on any atom is 0.306 e. The zero-order chi connectivity index (χ0) is 19.2. The Bertz CT molecular complexity index is 1010. The number of rotatable bonds is 7. The second-order valence-electron chi connectivity index (χ2n) is 5.73. The Kier molecular flexibility index (Phi) is 6.77. The lowest BCUT2D eigenvalue weighted by Crippen LogP contribution is -2.16. The van der Waals surface area contributed by atoms with Crippen LogP contribution >= 0.6 is 35.0 Å². The molecule has 0 aliphatic rings. The summed E-state index contributed by atoms with van der Waals surface area (Å²) in [5.41, 5.74) is 0.594. The Hall–Kier alpha value is -2.02. The molecule has 27 heavy (non-hydrogen) atoms. The Morgan fingerprint density at radius 2 is 1.85 bits per heavy atom. The van der Waals surface area contributed by atoms with Gasteiger partial charge in [-0.25, -0.2) is 4.98 Å². The van der Waals surface area contributed by atoms with Gasteiger partial charge in [0.25, 0.3) is 5.56 Å². The van der Waals surface area contributed by atoms with Crippen molar-refractivity contribution in [3.63, 3.8) is 0 Å². The number of aromatic nitrogens is 2. The second-order valence-corrected chi connectivity index (χ2v) is 7.77. The molecule has 8 heteroatoms. The van der Waals surface area contributed by atoms with Crippen LogP contribution in [-0.2, 0) is 16.1 Å². The molecule has 140 valence electrons. The minimum absolute atomic E-state index is 0.0302. The molecule has 0 radical (unpaired) electrons. The molecule has 0 unspecified atom stereocenters. The predicted octanol–water partition coefficient (Wildman–Crippen LogP) is 4.62. The van der Waals surface area contributed by atoms with Gasteiger partial charge in [0.15, 0.2) is 0 Å². The topological polar surface area (TPSA) is 60.7 Å². The highest BCUT2D eigenvalue weighted by Gasteiger charge is 2.07. The van der Waals surface area contributed by atoms with E-state index in [1.54, 1.807) is 23.9 Å². The number of carbonyl (C=O) groups is 1. The number of hydrogen-bond donors (Lipinski definition) is 0. The van der Waals surface area contributed by atoms with Crippen molar-refractivity contribution in [2.24, 2.45) is 0 Å². The number of carbonyl (C=O) groups excluding carboxylic acids is 1. The molecule has 0 N–H and O–H groups in total. The third kappa shape index (κ3) is 5.73. The Balaban J connectivity index is 1.46. The van der Waals surface area contributed by atoms with Crippen molar-refractivity contribution >= 4 is 46.6 Å². The summed E-state index contributed by atoms with van der Waals surface area (Å²) in [7, 11) is 0. The van der Waals surface area contributed by atoms with E-state index in [4.69, 9.17) is 27.9 Å². The van der Waals surface area contributed by atoms with E-state index in [-0.39, 0.29) is 18.1 Å². The molecule has 0 bridgehead atoms. The van der Waals surface area contributed by atoms with Crippen LogP contribution in [0.15, 0.2) is 58.4 Å². The minimum Gasteiger partial charge on any atom is -0.459 e. The van der Waals surface area contributed by atoms with Gasteiger partial charge in [-0.15, -0.1) is 11.8 Å². The van der Waals surface area contributed by atoms with Crippen LogP contribution in [0.25, 0.3) is 5.65 Å². The molecule has 0 saturated carbocycles. The van der Waals surface area contributed by atoms with Crippen molar-refractivity contribution in [2.45, 2.75) is 24.3 Å². The first-order chi connectivity index (χ1) is 13.0. The largest absolute Gasteiger partial charge is 0.459 e. The summed E-state index contributed by atoms with van der Waals surface area (Å²) < 4.78 is 6.57. The molecular formula is C19H16Cl2N2O3S. The van der Waals surface area contributed by atoms with Crippen LogP contribution in [0.2, 0.25) is 10.0 Å². The highest BCUT2D eigenvalue weighted by molar-refractivity contribution is 7.99. The van der Waals surface area contributed by atoms with E-state index < -0.39 is 0 Å². The van der Waals surface area contributed by atoms with Gasteiger partial charge in [-0.2, -0.15) is 0 Å². The van der Waals surface area contributed by atoms with Crippen LogP contribution in [0.1, 0.15) is 18.5 Å². The maximum atomic E-state index is 12.1. The van der Waals surface area contributed by atoms with Crippen molar-refractivity contribution in [1.29, 1.82) is 0 Å². The molecule has 2 aromatic heterocycles. The first-order valence-corrected chi connectivity index (χ1v) is 9.97. The lowest BCUT2D eigenvalue weighted by atomic mass is 10.3. The van der Waals surface area contributed by atoms with Gasteiger partial charge in [0, 0.05) is 28.6 Å². The standard InChI is InChI=1S/C19H16Cl2N2O3S/c20-13-3-6-16(7-4-13)27-9-1-2-19(25)26-12-15-10-18(24)23-11-14(21)5-8-17(23)22-15/h3-8,10-11H,1-2,9,12H2. The number of hydrogen-bond acceptors (Lipinski definition) is 5. The summed E-state index contributed by atoms with van der Waals surface area (Å²) in [6.07, 6.45) is 2.50. The number of nitrogens with zero attached hydrogens (tertiary/aromatic N) is 2. The summed E-state index contributed by atoms with van der Waals surface area (Å²) in [4.78, 5) is 29.4.